The number of rotatable bonds is 6. The fourth-order valence-corrected chi connectivity index (χ4v) is 2.96. The summed E-state index contributed by atoms with van der Waals surface area (Å²) in [6.07, 6.45) is 0.544. The maximum Gasteiger partial charge on any atom is 0.126 e. The Morgan fingerprint density at radius 2 is 1.73 bits per heavy atom. The molecule has 0 radical (unpaired) electrons. The number of halogens is 4. The second kappa shape index (κ2) is 11.6. The van der Waals surface area contributed by atoms with Gasteiger partial charge in [-0.05, 0) is 41.5 Å². The van der Waals surface area contributed by atoms with Gasteiger partial charge in [-0.2, -0.15) is 0 Å². The fraction of sp³-hybridized carbons (Fsp3) is 0.368. The van der Waals surface area contributed by atoms with Crippen LogP contribution in [0.4, 0.5) is 4.39 Å². The molecule has 1 aliphatic rings. The van der Waals surface area contributed by atoms with Crippen LogP contribution in [0.1, 0.15) is 11.1 Å². The van der Waals surface area contributed by atoms with E-state index in [9.17, 15) is 4.39 Å². The van der Waals surface area contributed by atoms with Crippen LogP contribution in [0.5, 0.6) is 5.75 Å². The second-order valence-electron chi connectivity index (χ2n) is 6.00. The second-order valence-corrected chi connectivity index (χ2v) is 6.44. The van der Waals surface area contributed by atoms with Crippen molar-refractivity contribution in [3.8, 4) is 5.75 Å². The lowest BCUT2D eigenvalue weighted by atomic mass is 10.1. The number of benzene rings is 2. The summed E-state index contributed by atoms with van der Waals surface area (Å²) in [5.41, 5.74) is 1.71. The van der Waals surface area contributed by atoms with Crippen LogP contribution in [0.15, 0.2) is 42.5 Å². The summed E-state index contributed by atoms with van der Waals surface area (Å²) in [4.78, 5) is 2.34. The standard InChI is InChI=1S/C19H22ClFN2O.2ClH/c20-17-3-5-18(6-4-17)24-12-7-16-2-1-15(13-19(16)21)14-23-10-8-22-9-11-23;;/h1-6,13,22H,7-12,14H2;2*1H. The molecule has 0 aromatic heterocycles. The van der Waals surface area contributed by atoms with Gasteiger partial charge in [0.05, 0.1) is 6.61 Å². The first-order valence-electron chi connectivity index (χ1n) is 8.29. The van der Waals surface area contributed by atoms with Crippen molar-refractivity contribution in [3.63, 3.8) is 0 Å². The molecule has 0 aliphatic carbocycles. The molecule has 0 atom stereocenters. The molecule has 0 saturated carbocycles. The zero-order chi connectivity index (χ0) is 16.8. The number of hydrogen-bond acceptors (Lipinski definition) is 3. The van der Waals surface area contributed by atoms with Gasteiger partial charge < -0.3 is 10.1 Å². The van der Waals surface area contributed by atoms with Gasteiger partial charge in [0.25, 0.3) is 0 Å². The molecule has 7 heteroatoms. The van der Waals surface area contributed by atoms with Crippen LogP contribution in [-0.2, 0) is 13.0 Å². The first-order chi connectivity index (χ1) is 11.7. The third-order valence-corrected chi connectivity index (χ3v) is 4.44. The van der Waals surface area contributed by atoms with E-state index in [0.29, 0.717) is 23.6 Å². The fourth-order valence-electron chi connectivity index (χ4n) is 2.83. The molecule has 1 saturated heterocycles. The van der Waals surface area contributed by atoms with Crippen LogP contribution >= 0.6 is 36.4 Å². The average molecular weight is 422 g/mol. The summed E-state index contributed by atoms with van der Waals surface area (Å²) < 4.78 is 19.9. The summed E-state index contributed by atoms with van der Waals surface area (Å²) in [6.45, 7) is 5.28. The normalized spacial score (nSPS) is 14.2. The van der Waals surface area contributed by atoms with Crippen molar-refractivity contribution in [1.29, 1.82) is 0 Å². The van der Waals surface area contributed by atoms with E-state index in [1.54, 1.807) is 18.2 Å². The van der Waals surface area contributed by atoms with Gasteiger partial charge in [-0.3, -0.25) is 4.90 Å². The van der Waals surface area contributed by atoms with E-state index in [1.807, 2.05) is 24.3 Å². The van der Waals surface area contributed by atoms with Gasteiger partial charge in [0, 0.05) is 44.2 Å². The number of nitrogens with one attached hydrogen (secondary N) is 1. The highest BCUT2D eigenvalue weighted by atomic mass is 35.5. The smallest absolute Gasteiger partial charge is 0.126 e. The quantitative estimate of drug-likeness (QED) is 0.750. The maximum absolute atomic E-state index is 14.3. The van der Waals surface area contributed by atoms with Gasteiger partial charge in [0.2, 0.25) is 0 Å². The molecule has 1 aliphatic heterocycles. The zero-order valence-corrected chi connectivity index (χ0v) is 16.8. The molecule has 0 spiro atoms. The van der Waals surface area contributed by atoms with Crippen LogP contribution in [0, 0.1) is 5.82 Å². The lowest BCUT2D eigenvalue weighted by molar-refractivity contribution is 0.233. The minimum absolute atomic E-state index is 0. The Morgan fingerprint density at radius 1 is 1.04 bits per heavy atom. The van der Waals surface area contributed by atoms with Crippen LogP contribution in [0.2, 0.25) is 5.02 Å². The lowest BCUT2D eigenvalue weighted by Crippen LogP contribution is -2.42. The summed E-state index contributed by atoms with van der Waals surface area (Å²) in [6, 6.07) is 12.7. The van der Waals surface area contributed by atoms with Gasteiger partial charge in [-0.15, -0.1) is 24.8 Å². The Balaban J connectivity index is 0.00000169. The van der Waals surface area contributed by atoms with E-state index in [2.05, 4.69) is 10.2 Å². The summed E-state index contributed by atoms with van der Waals surface area (Å²) in [5, 5.41) is 4.00. The monoisotopic (exact) mass is 420 g/mol. The number of ether oxygens (including phenoxy) is 1. The predicted molar refractivity (Wildman–Crippen MR) is 110 cm³/mol. The topological polar surface area (TPSA) is 24.5 Å². The molecule has 144 valence electrons. The minimum atomic E-state index is -0.151. The van der Waals surface area contributed by atoms with E-state index in [1.165, 1.54) is 0 Å². The predicted octanol–water partition coefficient (Wildman–Crippen LogP) is 4.35. The highest BCUT2D eigenvalue weighted by Crippen LogP contribution is 2.17. The minimum Gasteiger partial charge on any atom is -0.493 e. The van der Waals surface area contributed by atoms with Crippen LogP contribution in [0.3, 0.4) is 0 Å². The van der Waals surface area contributed by atoms with Crippen molar-refractivity contribution in [2.45, 2.75) is 13.0 Å². The zero-order valence-electron chi connectivity index (χ0n) is 14.4. The molecule has 0 unspecified atom stereocenters. The number of piperazine rings is 1. The molecule has 1 N–H and O–H groups in total. The first kappa shape index (κ1) is 23.0. The Hall–Kier alpha value is -1.04. The highest BCUT2D eigenvalue weighted by molar-refractivity contribution is 6.30. The highest BCUT2D eigenvalue weighted by Gasteiger charge is 2.11. The largest absolute Gasteiger partial charge is 0.493 e. The van der Waals surface area contributed by atoms with E-state index in [4.69, 9.17) is 16.3 Å². The Labute approximate surface area is 171 Å². The first-order valence-corrected chi connectivity index (χ1v) is 8.67. The van der Waals surface area contributed by atoms with Crippen molar-refractivity contribution < 1.29 is 9.13 Å². The molecule has 3 rings (SSSR count). The van der Waals surface area contributed by atoms with Crippen LogP contribution < -0.4 is 10.1 Å². The van der Waals surface area contributed by atoms with Gasteiger partial charge >= 0.3 is 0 Å². The van der Waals surface area contributed by atoms with Gasteiger partial charge in [-0.25, -0.2) is 4.39 Å². The van der Waals surface area contributed by atoms with Crippen molar-refractivity contribution in [2.75, 3.05) is 32.8 Å². The molecule has 1 fully saturated rings. The van der Waals surface area contributed by atoms with E-state index in [0.717, 1.165) is 44.0 Å². The van der Waals surface area contributed by atoms with Gasteiger partial charge in [0.15, 0.2) is 0 Å². The number of nitrogens with zero attached hydrogens (tertiary/aromatic N) is 1. The van der Waals surface area contributed by atoms with Crippen molar-refractivity contribution in [1.82, 2.24) is 10.2 Å². The number of hydrogen-bond donors (Lipinski definition) is 1. The molecule has 3 nitrogen and oxygen atoms in total. The third kappa shape index (κ3) is 6.93. The van der Waals surface area contributed by atoms with Crippen molar-refractivity contribution in [2.24, 2.45) is 0 Å². The lowest BCUT2D eigenvalue weighted by Gasteiger charge is -2.27. The SMILES string of the molecule is Cl.Cl.Fc1cc(CN2CCNCC2)ccc1CCOc1ccc(Cl)cc1. The third-order valence-electron chi connectivity index (χ3n) is 4.19. The molecule has 26 heavy (non-hydrogen) atoms. The van der Waals surface area contributed by atoms with Gasteiger partial charge in [-0.1, -0.05) is 23.7 Å². The van der Waals surface area contributed by atoms with Crippen LogP contribution in [-0.4, -0.2) is 37.7 Å². The van der Waals surface area contributed by atoms with Gasteiger partial charge in [0.1, 0.15) is 11.6 Å². The molecular weight excluding hydrogens is 398 g/mol. The molecule has 2 aromatic rings. The molecule has 1 heterocycles. The molecule has 2 aromatic carbocycles. The van der Waals surface area contributed by atoms with Crippen LogP contribution in [0.25, 0.3) is 0 Å². The Bertz CT molecular complexity index is 664. The molecule has 0 amide bonds. The van der Waals surface area contributed by atoms with Crippen molar-refractivity contribution in [3.05, 3.63) is 64.4 Å². The maximum atomic E-state index is 14.3. The summed E-state index contributed by atoms with van der Waals surface area (Å²) >= 11 is 5.83. The molecular formula is C19H24Cl3FN2O. The summed E-state index contributed by atoms with van der Waals surface area (Å²) in [7, 11) is 0. The van der Waals surface area contributed by atoms with E-state index < -0.39 is 0 Å². The van der Waals surface area contributed by atoms with E-state index in [-0.39, 0.29) is 30.6 Å². The summed E-state index contributed by atoms with van der Waals surface area (Å²) in [5.74, 6) is 0.595. The Kier molecular flexibility index (Phi) is 10.3. The van der Waals surface area contributed by atoms with Crippen molar-refractivity contribution >= 4 is 36.4 Å². The molecule has 0 bridgehead atoms. The average Bonchev–Trinajstić information content (AvgIpc) is 2.59. The van der Waals surface area contributed by atoms with E-state index >= 15 is 0 Å². The Morgan fingerprint density at radius 3 is 2.38 bits per heavy atom.